The maximum atomic E-state index is 8.96. The van der Waals surface area contributed by atoms with Crippen molar-refractivity contribution < 1.29 is 55.6 Å². The fourth-order valence-corrected chi connectivity index (χ4v) is 0.812. The third kappa shape index (κ3) is 2.38. The van der Waals surface area contributed by atoms with Crippen LogP contribution in [0.3, 0.4) is 0 Å². The minimum absolute atomic E-state index is 0. The largest absolute Gasteiger partial charge is 0.637 e. The van der Waals surface area contributed by atoms with Crippen molar-refractivity contribution in [1.82, 2.24) is 0 Å². The van der Waals surface area contributed by atoms with Crippen LogP contribution in [0.5, 0.6) is 0 Å². The monoisotopic (exact) mass is 285 g/mol. The van der Waals surface area contributed by atoms with Crippen molar-refractivity contribution in [3.8, 4) is 0 Å². The third-order valence-electron chi connectivity index (χ3n) is 2.24. The molecule has 1 radical (unpaired) electrons. The topological polar surface area (TPSA) is 38.7 Å². The molecule has 1 fully saturated rings. The molecule has 0 aromatic carbocycles. The Labute approximate surface area is 101 Å². The van der Waals surface area contributed by atoms with Gasteiger partial charge < -0.3 is 14.3 Å². The van der Waals surface area contributed by atoms with E-state index in [2.05, 4.69) is 0 Å². The summed E-state index contributed by atoms with van der Waals surface area (Å²) in [4.78, 5) is 0. The van der Waals surface area contributed by atoms with E-state index in [9.17, 15) is 0 Å². The molecule has 1 rings (SSSR count). The van der Waals surface area contributed by atoms with Crippen LogP contribution < -0.4 is 0 Å². The molecule has 0 saturated carbocycles. The van der Waals surface area contributed by atoms with Crippen LogP contribution in [-0.4, -0.2) is 23.5 Å². The van der Waals surface area contributed by atoms with E-state index in [1.807, 2.05) is 27.7 Å². The first-order valence-corrected chi connectivity index (χ1v) is 3.39. The number of hydrogen-bond acceptors (Lipinski definition) is 3. The fourth-order valence-electron chi connectivity index (χ4n) is 0.812. The Morgan fingerprint density at radius 3 is 1.36 bits per heavy atom. The van der Waals surface area contributed by atoms with Crippen LogP contribution in [0.15, 0.2) is 0 Å². The summed E-state index contributed by atoms with van der Waals surface area (Å²) in [5.41, 5.74) is -0.821. The van der Waals surface area contributed by atoms with Gasteiger partial charge >= 0.3 is 7.32 Å². The quantitative estimate of drug-likeness (QED) is 0.661. The molecule has 3 nitrogen and oxygen atoms in total. The van der Waals surface area contributed by atoms with Crippen LogP contribution in [0.4, 0.5) is 0 Å². The van der Waals surface area contributed by atoms with E-state index < -0.39 is 18.5 Å². The molecule has 0 unspecified atom stereocenters. The minimum Gasteiger partial charge on any atom is -0.402 e. The fraction of sp³-hybridized carbons (Fsp3) is 1.00. The summed E-state index contributed by atoms with van der Waals surface area (Å²) in [6.07, 6.45) is 0. The van der Waals surface area contributed by atoms with E-state index >= 15 is 0 Å². The van der Waals surface area contributed by atoms with E-state index in [0.29, 0.717) is 0 Å². The first kappa shape index (κ1) is 12.3. The molecule has 1 N–H and O–H groups in total. The van der Waals surface area contributed by atoms with E-state index in [1.165, 1.54) is 0 Å². The van der Waals surface area contributed by atoms with Gasteiger partial charge in [-0.05, 0) is 27.7 Å². The van der Waals surface area contributed by atoms with Crippen molar-refractivity contribution >= 4 is 7.32 Å². The Hall–Kier alpha value is 1.31. The van der Waals surface area contributed by atoms with Gasteiger partial charge in [0.25, 0.3) is 0 Å². The molecule has 1 aliphatic heterocycles. The molecule has 0 aromatic rings. The second kappa shape index (κ2) is 3.59. The van der Waals surface area contributed by atoms with Gasteiger partial charge in [-0.25, -0.2) is 0 Å². The average Bonchev–Trinajstić information content (AvgIpc) is 1.73. The SMILES string of the molecule is CC1(C)OB(O)OC1(C)C.[Pr]. The summed E-state index contributed by atoms with van der Waals surface area (Å²) in [6, 6.07) is 0. The van der Waals surface area contributed by atoms with Crippen LogP contribution in [-0.2, 0) is 9.31 Å². The summed E-state index contributed by atoms with van der Waals surface area (Å²) >= 11 is 0. The zero-order chi connectivity index (χ0) is 7.99. The molecule has 1 heterocycles. The Balaban J connectivity index is 0.000001000. The van der Waals surface area contributed by atoms with Gasteiger partial charge in [-0.2, -0.15) is 0 Å². The summed E-state index contributed by atoms with van der Waals surface area (Å²) in [5, 5.41) is 8.96. The average molecular weight is 285 g/mol. The molecule has 0 bridgehead atoms. The molecule has 1 aliphatic rings. The molecule has 1 saturated heterocycles. The normalized spacial score (nSPS) is 26.5. The van der Waals surface area contributed by atoms with E-state index in [-0.39, 0.29) is 41.3 Å². The number of hydrogen-bond donors (Lipinski definition) is 1. The van der Waals surface area contributed by atoms with Crippen molar-refractivity contribution in [2.45, 2.75) is 38.9 Å². The van der Waals surface area contributed by atoms with Gasteiger partial charge in [0.15, 0.2) is 0 Å². The molecule has 0 amide bonds. The summed E-state index contributed by atoms with van der Waals surface area (Å²) in [6.45, 7) is 7.57. The van der Waals surface area contributed by atoms with Crippen LogP contribution in [0.1, 0.15) is 27.7 Å². The Bertz CT molecular complexity index is 133. The van der Waals surface area contributed by atoms with Gasteiger partial charge in [0, 0.05) is 41.3 Å². The molecular weight excluding hydrogens is 272 g/mol. The summed E-state index contributed by atoms with van der Waals surface area (Å²) in [7, 11) is -1.06. The Morgan fingerprint density at radius 1 is 1.00 bits per heavy atom. The minimum atomic E-state index is -1.06. The van der Waals surface area contributed by atoms with Crippen LogP contribution in [0.25, 0.3) is 0 Å². The van der Waals surface area contributed by atoms with Crippen LogP contribution in [0, 0.1) is 41.3 Å². The van der Waals surface area contributed by atoms with Crippen molar-refractivity contribution in [2.75, 3.05) is 0 Å². The first-order valence-electron chi connectivity index (χ1n) is 3.39. The molecule has 5 heteroatoms. The molecule has 0 spiro atoms. The van der Waals surface area contributed by atoms with Gasteiger partial charge in [-0.15, -0.1) is 0 Å². The summed E-state index contributed by atoms with van der Waals surface area (Å²) in [5.74, 6) is 0. The van der Waals surface area contributed by atoms with Gasteiger partial charge in [0.1, 0.15) is 0 Å². The smallest absolute Gasteiger partial charge is 0.402 e. The molecule has 61 valence electrons. The molecular formula is C6H13BO3Pr. The third-order valence-corrected chi connectivity index (χ3v) is 2.24. The molecule has 0 aliphatic carbocycles. The predicted molar refractivity (Wildman–Crippen MR) is 38.3 cm³/mol. The second-order valence-corrected chi connectivity index (χ2v) is 3.56. The van der Waals surface area contributed by atoms with Gasteiger partial charge in [-0.1, -0.05) is 0 Å². The summed E-state index contributed by atoms with van der Waals surface area (Å²) < 4.78 is 10.2. The second-order valence-electron chi connectivity index (χ2n) is 3.56. The van der Waals surface area contributed by atoms with E-state index in [1.54, 1.807) is 0 Å². The first-order chi connectivity index (χ1) is 4.35. The van der Waals surface area contributed by atoms with Crippen LogP contribution in [0.2, 0.25) is 0 Å². The standard InChI is InChI=1S/C6H13BO3.Pr/c1-5(2)6(3,4)10-7(8)9-5;/h8H,1-4H3;. The number of rotatable bonds is 0. The Morgan fingerprint density at radius 2 is 1.27 bits per heavy atom. The molecule has 0 aromatic heterocycles. The van der Waals surface area contributed by atoms with Crippen LogP contribution >= 0.6 is 0 Å². The van der Waals surface area contributed by atoms with Gasteiger partial charge in [0.2, 0.25) is 0 Å². The van der Waals surface area contributed by atoms with Crippen molar-refractivity contribution in [1.29, 1.82) is 0 Å². The molecule has 0 atom stereocenters. The van der Waals surface area contributed by atoms with E-state index in [4.69, 9.17) is 14.3 Å². The van der Waals surface area contributed by atoms with Gasteiger partial charge in [-0.3, -0.25) is 0 Å². The maximum absolute atomic E-state index is 8.96. The zero-order valence-electron chi connectivity index (χ0n) is 7.42. The van der Waals surface area contributed by atoms with Crippen molar-refractivity contribution in [2.24, 2.45) is 0 Å². The zero-order valence-corrected chi connectivity index (χ0v) is 11.1. The predicted octanol–water partition coefficient (Wildman–Crippen LogP) is 0.568. The van der Waals surface area contributed by atoms with E-state index in [0.717, 1.165) is 0 Å². The van der Waals surface area contributed by atoms with Gasteiger partial charge in [0.05, 0.1) is 11.2 Å². The maximum Gasteiger partial charge on any atom is 0.637 e. The molecule has 11 heavy (non-hydrogen) atoms. The van der Waals surface area contributed by atoms with Crippen molar-refractivity contribution in [3.63, 3.8) is 0 Å². The Kier molecular flexibility index (Phi) is 4.01. The van der Waals surface area contributed by atoms with Crippen molar-refractivity contribution in [3.05, 3.63) is 0 Å².